The lowest BCUT2D eigenvalue weighted by Gasteiger charge is -2.42. The lowest BCUT2D eigenvalue weighted by molar-refractivity contribution is -0.332. The predicted octanol–water partition coefficient (Wildman–Crippen LogP) is 9.83. The highest BCUT2D eigenvalue weighted by atomic mass is 16.7. The number of aliphatic hydroxyl groups is 7. The highest BCUT2D eigenvalue weighted by molar-refractivity contribution is 5.70. The Kier molecular flexibility index (Phi) is 41.5. The number of unbranched alkanes of at least 4 members (excludes halogenated alkanes) is 24. The minimum atomic E-state index is -1.78. The second-order valence-corrected chi connectivity index (χ2v) is 20.5. The van der Waals surface area contributed by atoms with E-state index < -0.39 is 99.3 Å². The highest BCUT2D eigenvalue weighted by Crippen LogP contribution is 2.27. The number of ether oxygens (including phenoxy) is 6. The Balaban J connectivity index is 1.75. The molecule has 430 valence electrons. The molecule has 0 aromatic heterocycles. The van der Waals surface area contributed by atoms with Crippen LogP contribution < -0.4 is 0 Å². The molecule has 74 heavy (non-hydrogen) atoms. The summed E-state index contributed by atoms with van der Waals surface area (Å²) in [5.41, 5.74) is 0. The van der Waals surface area contributed by atoms with Gasteiger partial charge in [-0.2, -0.15) is 0 Å². The molecule has 0 spiro atoms. The first kappa shape index (κ1) is 67.6. The molecule has 0 saturated carbocycles. The first-order valence-corrected chi connectivity index (χ1v) is 29.2. The van der Waals surface area contributed by atoms with Gasteiger partial charge in [-0.1, -0.05) is 184 Å². The van der Waals surface area contributed by atoms with E-state index in [-0.39, 0.29) is 19.4 Å². The van der Waals surface area contributed by atoms with Crippen molar-refractivity contribution in [1.29, 1.82) is 0 Å². The molecule has 2 heterocycles. The van der Waals surface area contributed by atoms with E-state index in [1.54, 1.807) is 0 Å². The molecule has 15 heteroatoms. The van der Waals surface area contributed by atoms with Gasteiger partial charge in [0.15, 0.2) is 18.7 Å². The number of hydrogen-bond donors (Lipinski definition) is 7. The number of carbonyl (C=O) groups is 2. The van der Waals surface area contributed by atoms with Crippen molar-refractivity contribution >= 4 is 11.9 Å². The molecule has 2 fully saturated rings. The van der Waals surface area contributed by atoms with Crippen molar-refractivity contribution in [3.8, 4) is 0 Å². The van der Waals surface area contributed by atoms with E-state index in [1.165, 1.54) is 128 Å². The Morgan fingerprint density at radius 2 is 0.824 bits per heavy atom. The Morgan fingerprint density at radius 1 is 0.432 bits per heavy atom. The van der Waals surface area contributed by atoms with Gasteiger partial charge >= 0.3 is 11.9 Å². The van der Waals surface area contributed by atoms with Crippen molar-refractivity contribution in [2.75, 3.05) is 26.4 Å². The van der Waals surface area contributed by atoms with Gasteiger partial charge in [-0.3, -0.25) is 9.59 Å². The van der Waals surface area contributed by atoms with Gasteiger partial charge in [-0.15, -0.1) is 0 Å². The Labute approximate surface area is 446 Å². The molecule has 0 aliphatic carbocycles. The van der Waals surface area contributed by atoms with Crippen LogP contribution >= 0.6 is 0 Å². The van der Waals surface area contributed by atoms with Crippen molar-refractivity contribution in [3.63, 3.8) is 0 Å². The van der Waals surface area contributed by atoms with Crippen molar-refractivity contribution in [2.45, 2.75) is 287 Å². The molecule has 2 saturated heterocycles. The maximum atomic E-state index is 13.0. The summed E-state index contributed by atoms with van der Waals surface area (Å²) in [5.74, 6) is -1.00. The summed E-state index contributed by atoms with van der Waals surface area (Å²) >= 11 is 0. The number of esters is 2. The third-order valence-corrected chi connectivity index (χ3v) is 13.8. The molecule has 2 aliphatic rings. The topological polar surface area (TPSA) is 231 Å². The number of rotatable bonds is 46. The van der Waals surface area contributed by atoms with Crippen molar-refractivity contribution < 1.29 is 73.8 Å². The molecule has 7 N–H and O–H groups in total. The first-order valence-electron chi connectivity index (χ1n) is 29.2. The Hall–Kier alpha value is -2.54. The average Bonchev–Trinajstić information content (AvgIpc) is 3.39. The first-order chi connectivity index (χ1) is 36.0. The zero-order chi connectivity index (χ0) is 53.9. The molecule has 0 aromatic rings. The largest absolute Gasteiger partial charge is 0.462 e. The van der Waals surface area contributed by atoms with E-state index in [4.69, 9.17) is 28.4 Å². The van der Waals surface area contributed by atoms with Crippen LogP contribution in [-0.2, 0) is 38.0 Å². The molecular weight excluding hydrogens is 949 g/mol. The summed E-state index contributed by atoms with van der Waals surface area (Å²) in [7, 11) is 0. The quantitative estimate of drug-likeness (QED) is 0.0171. The van der Waals surface area contributed by atoms with Gasteiger partial charge < -0.3 is 64.2 Å². The summed E-state index contributed by atoms with van der Waals surface area (Å²) in [6, 6.07) is 0. The second-order valence-electron chi connectivity index (χ2n) is 20.5. The van der Waals surface area contributed by atoms with Crippen molar-refractivity contribution in [2.24, 2.45) is 0 Å². The molecule has 0 amide bonds. The van der Waals surface area contributed by atoms with Gasteiger partial charge in [0.2, 0.25) is 0 Å². The molecule has 11 atom stereocenters. The zero-order valence-corrected chi connectivity index (χ0v) is 45.8. The molecule has 0 bridgehead atoms. The Morgan fingerprint density at radius 3 is 1.35 bits per heavy atom. The van der Waals surface area contributed by atoms with Crippen LogP contribution in [0.3, 0.4) is 0 Å². The maximum Gasteiger partial charge on any atom is 0.306 e. The minimum absolute atomic E-state index is 0.111. The van der Waals surface area contributed by atoms with Crippen molar-refractivity contribution in [1.82, 2.24) is 0 Å². The van der Waals surface area contributed by atoms with Gasteiger partial charge in [0.05, 0.1) is 19.8 Å². The van der Waals surface area contributed by atoms with E-state index in [2.05, 4.69) is 62.5 Å². The molecule has 15 nitrogen and oxygen atoms in total. The molecule has 4 unspecified atom stereocenters. The van der Waals surface area contributed by atoms with Crippen LogP contribution in [0.4, 0.5) is 0 Å². The second kappa shape index (κ2) is 45.5. The highest BCUT2D eigenvalue weighted by Gasteiger charge is 2.47. The number of hydrogen-bond acceptors (Lipinski definition) is 15. The fraction of sp³-hybridized carbons (Fsp3) is 0.831. The van der Waals surface area contributed by atoms with Crippen LogP contribution in [0.1, 0.15) is 219 Å². The summed E-state index contributed by atoms with van der Waals surface area (Å²) in [5, 5.41) is 72.2. The monoisotopic (exact) mass is 1050 g/mol. The molecule has 2 rings (SSSR count). The standard InChI is InChI=1S/C59H104O15/c1-3-5-7-9-11-13-15-17-19-20-21-22-23-24-25-26-28-29-31-33-35-37-39-41-50(61)69-44-47(72-51(62)42-40-38-36-34-32-30-27-18-16-14-12-10-8-6-4-2)45-70-58-57(68)55(66)53(64)49(74-58)46-71-59-56(67)54(65)52(63)48(43-60)73-59/h12,14,18,27,32-35,47-49,52-60,63-68H,3-11,13,15-17,19-26,28-31,36-46H2,1-2H3/b14-12+,27-18+,34-32+,35-33+/t47-,48+,49+,52-,53-,54?,55?,56?,57?,58+,59+/m0/s1. The average molecular weight is 1050 g/mol. The van der Waals surface area contributed by atoms with E-state index >= 15 is 0 Å². The van der Waals surface area contributed by atoms with Gasteiger partial charge in [-0.05, 0) is 70.6 Å². The Bertz CT molecular complexity index is 1470. The van der Waals surface area contributed by atoms with Crippen LogP contribution in [0.15, 0.2) is 48.6 Å². The van der Waals surface area contributed by atoms with Gasteiger partial charge in [0, 0.05) is 12.8 Å². The number of carbonyl (C=O) groups excluding carboxylic acids is 2. The SMILES string of the molecule is CCCCC/C=C/C/C=C/C/C=C/CCCCC(=O)O[C@@H](COC(=O)CCC/C=C/CCCCCCCCCCCCCCCCCCCC)CO[C@@H]1O[C@H](CO[C@@H]2O[C@H](CO)[C@H](O)C(O)C2O)[C@H](O)C(O)C1O. The van der Waals surface area contributed by atoms with Gasteiger partial charge in [0.1, 0.15) is 55.4 Å². The fourth-order valence-corrected chi connectivity index (χ4v) is 8.99. The maximum absolute atomic E-state index is 13.0. The van der Waals surface area contributed by atoms with E-state index in [0.29, 0.717) is 12.8 Å². The summed E-state index contributed by atoms with van der Waals surface area (Å²) in [6.07, 6.45) is 35.9. The summed E-state index contributed by atoms with van der Waals surface area (Å²) in [4.78, 5) is 25.8. The number of aliphatic hydroxyl groups excluding tert-OH is 7. The van der Waals surface area contributed by atoms with Crippen LogP contribution in [0.5, 0.6) is 0 Å². The normalized spacial score (nSPS) is 25.0. The third-order valence-electron chi connectivity index (χ3n) is 13.8. The van der Waals surface area contributed by atoms with Crippen LogP contribution in [-0.4, -0.2) is 142 Å². The van der Waals surface area contributed by atoms with Gasteiger partial charge in [-0.25, -0.2) is 0 Å². The molecule has 2 aliphatic heterocycles. The summed E-state index contributed by atoms with van der Waals surface area (Å²) in [6.45, 7) is 2.52. The van der Waals surface area contributed by atoms with Crippen molar-refractivity contribution in [3.05, 3.63) is 48.6 Å². The molecule has 0 radical (unpaired) electrons. The van der Waals surface area contributed by atoms with E-state index in [1.807, 2.05) is 0 Å². The lowest BCUT2D eigenvalue weighted by atomic mass is 9.98. The fourth-order valence-electron chi connectivity index (χ4n) is 8.99. The van der Waals surface area contributed by atoms with Crippen LogP contribution in [0, 0.1) is 0 Å². The molecule has 0 aromatic carbocycles. The third kappa shape index (κ3) is 32.3. The van der Waals surface area contributed by atoms with Crippen LogP contribution in [0.2, 0.25) is 0 Å². The van der Waals surface area contributed by atoms with E-state index in [0.717, 1.165) is 51.4 Å². The summed E-state index contributed by atoms with van der Waals surface area (Å²) < 4.78 is 33.6. The number of allylic oxidation sites excluding steroid dienone is 8. The van der Waals surface area contributed by atoms with E-state index in [9.17, 15) is 45.3 Å². The predicted molar refractivity (Wildman–Crippen MR) is 289 cm³/mol. The molecular formula is C59H104O15. The minimum Gasteiger partial charge on any atom is -0.462 e. The zero-order valence-electron chi connectivity index (χ0n) is 45.8. The van der Waals surface area contributed by atoms with Crippen LogP contribution in [0.25, 0.3) is 0 Å². The smallest absolute Gasteiger partial charge is 0.306 e. The lowest BCUT2D eigenvalue weighted by Crippen LogP contribution is -2.61. The van der Waals surface area contributed by atoms with Gasteiger partial charge in [0.25, 0.3) is 0 Å².